The Labute approximate surface area is 115 Å². The molecule has 1 unspecified atom stereocenters. The van der Waals surface area contributed by atoms with Gasteiger partial charge in [-0.1, -0.05) is 20.3 Å². The van der Waals surface area contributed by atoms with Crippen LogP contribution in [0.3, 0.4) is 0 Å². The van der Waals surface area contributed by atoms with Gasteiger partial charge in [0.25, 0.3) is 0 Å². The summed E-state index contributed by atoms with van der Waals surface area (Å²) in [6.45, 7) is 7.59. The largest absolute Gasteiger partial charge is 0.343 e. The van der Waals surface area contributed by atoms with Crippen LogP contribution in [-0.4, -0.2) is 48.0 Å². The van der Waals surface area contributed by atoms with Crippen molar-refractivity contribution in [3.8, 4) is 0 Å². The van der Waals surface area contributed by atoms with E-state index in [1.165, 1.54) is 25.0 Å². The van der Waals surface area contributed by atoms with Crippen molar-refractivity contribution in [1.29, 1.82) is 0 Å². The number of hydrogen-bond acceptors (Lipinski definition) is 3. The number of amides is 1. The molecule has 1 N–H and O–H groups in total. The van der Waals surface area contributed by atoms with Crippen molar-refractivity contribution in [3.63, 3.8) is 0 Å². The van der Waals surface area contributed by atoms with Crippen molar-refractivity contribution in [2.24, 2.45) is 5.41 Å². The molecule has 18 heavy (non-hydrogen) atoms. The number of nitrogens with zero attached hydrogens (tertiary/aromatic N) is 1. The summed E-state index contributed by atoms with van der Waals surface area (Å²) in [6, 6.07) is 0.399. The molecular formula is C14H26N2OS. The normalized spacial score (nSPS) is 28.1. The number of hydrogen-bond donors (Lipinski definition) is 1. The maximum atomic E-state index is 12.2. The van der Waals surface area contributed by atoms with Crippen LogP contribution >= 0.6 is 11.8 Å². The van der Waals surface area contributed by atoms with E-state index in [2.05, 4.69) is 24.1 Å². The van der Waals surface area contributed by atoms with Crippen molar-refractivity contribution >= 4 is 17.7 Å². The Morgan fingerprint density at radius 2 is 2.17 bits per heavy atom. The van der Waals surface area contributed by atoms with Crippen LogP contribution < -0.4 is 5.32 Å². The van der Waals surface area contributed by atoms with Gasteiger partial charge in [0.05, 0.1) is 0 Å². The van der Waals surface area contributed by atoms with Crippen LogP contribution in [-0.2, 0) is 4.79 Å². The first kappa shape index (κ1) is 14.2. The van der Waals surface area contributed by atoms with E-state index in [-0.39, 0.29) is 0 Å². The third-order valence-electron chi connectivity index (χ3n) is 4.60. The first-order valence-corrected chi connectivity index (χ1v) is 8.37. The number of thioether (sulfide) groups is 1. The highest BCUT2D eigenvalue weighted by molar-refractivity contribution is 7.99. The van der Waals surface area contributed by atoms with Crippen LogP contribution in [0.4, 0.5) is 0 Å². The van der Waals surface area contributed by atoms with Gasteiger partial charge in [-0.3, -0.25) is 4.79 Å². The summed E-state index contributed by atoms with van der Waals surface area (Å²) in [5.41, 5.74) is 0.468. The molecule has 2 rings (SSSR count). The third kappa shape index (κ3) is 3.64. The Balaban J connectivity index is 1.76. The lowest BCUT2D eigenvalue weighted by Gasteiger charge is -2.39. The number of piperidine rings is 1. The van der Waals surface area contributed by atoms with Crippen molar-refractivity contribution in [1.82, 2.24) is 10.2 Å². The van der Waals surface area contributed by atoms with Crippen LogP contribution in [0, 0.1) is 5.41 Å². The zero-order valence-corrected chi connectivity index (χ0v) is 12.5. The van der Waals surface area contributed by atoms with Crippen molar-refractivity contribution in [2.75, 3.05) is 31.1 Å². The maximum Gasteiger partial charge on any atom is 0.224 e. The van der Waals surface area contributed by atoms with Gasteiger partial charge in [-0.25, -0.2) is 0 Å². The lowest BCUT2D eigenvalue weighted by atomic mass is 9.78. The molecule has 2 saturated heterocycles. The molecule has 0 saturated carbocycles. The number of carbonyl (C=O) groups is 1. The summed E-state index contributed by atoms with van der Waals surface area (Å²) in [4.78, 5) is 14.3. The summed E-state index contributed by atoms with van der Waals surface area (Å²) in [5, 5.41) is 3.45. The van der Waals surface area contributed by atoms with Gasteiger partial charge in [-0.15, -0.1) is 0 Å². The molecule has 2 aliphatic rings. The molecule has 0 aromatic rings. The van der Waals surface area contributed by atoms with E-state index in [4.69, 9.17) is 0 Å². The van der Waals surface area contributed by atoms with E-state index in [0.717, 1.165) is 25.4 Å². The smallest absolute Gasteiger partial charge is 0.224 e. The fraction of sp³-hybridized carbons (Fsp3) is 0.929. The summed E-state index contributed by atoms with van der Waals surface area (Å²) < 4.78 is 0. The van der Waals surface area contributed by atoms with Crippen LogP contribution in [0.1, 0.15) is 39.5 Å². The van der Waals surface area contributed by atoms with Crippen molar-refractivity contribution in [2.45, 2.75) is 45.6 Å². The average Bonchev–Trinajstić information content (AvgIpc) is 2.40. The first-order chi connectivity index (χ1) is 8.63. The molecule has 2 heterocycles. The van der Waals surface area contributed by atoms with Gasteiger partial charge in [0.1, 0.15) is 0 Å². The topological polar surface area (TPSA) is 32.3 Å². The van der Waals surface area contributed by atoms with Gasteiger partial charge in [0.15, 0.2) is 0 Å². The average molecular weight is 270 g/mol. The highest BCUT2D eigenvalue weighted by Gasteiger charge is 2.31. The van der Waals surface area contributed by atoms with Gasteiger partial charge >= 0.3 is 0 Å². The highest BCUT2D eigenvalue weighted by atomic mass is 32.2. The Hall–Kier alpha value is -0.220. The van der Waals surface area contributed by atoms with Gasteiger partial charge < -0.3 is 10.2 Å². The minimum absolute atomic E-state index is 0.355. The molecule has 1 atom stereocenters. The summed E-state index contributed by atoms with van der Waals surface area (Å²) in [6.07, 6.45) is 4.26. The van der Waals surface area contributed by atoms with Gasteiger partial charge in [0.2, 0.25) is 5.91 Å². The molecule has 1 amide bonds. The Morgan fingerprint density at radius 1 is 1.44 bits per heavy atom. The fourth-order valence-electron chi connectivity index (χ4n) is 2.74. The minimum atomic E-state index is 0.355. The molecule has 104 valence electrons. The minimum Gasteiger partial charge on any atom is -0.343 e. The van der Waals surface area contributed by atoms with Crippen LogP contribution in [0.25, 0.3) is 0 Å². The number of likely N-dealkylation sites (tertiary alicyclic amines) is 1. The van der Waals surface area contributed by atoms with Gasteiger partial charge in [0, 0.05) is 43.6 Å². The quantitative estimate of drug-likeness (QED) is 0.852. The monoisotopic (exact) mass is 270 g/mol. The first-order valence-electron chi connectivity index (χ1n) is 7.22. The molecule has 4 heteroatoms. The number of nitrogens with one attached hydrogen (secondary N) is 1. The predicted molar refractivity (Wildman–Crippen MR) is 77.9 cm³/mol. The molecule has 2 aliphatic heterocycles. The SMILES string of the molecule is CCC1(C)CCN(C(=O)CC2CSCCN2)CC1. The van der Waals surface area contributed by atoms with Crippen molar-refractivity contribution in [3.05, 3.63) is 0 Å². The lowest BCUT2D eigenvalue weighted by molar-refractivity contribution is -0.133. The van der Waals surface area contributed by atoms with Crippen LogP contribution in [0.5, 0.6) is 0 Å². The molecule has 3 nitrogen and oxygen atoms in total. The second-order valence-electron chi connectivity index (χ2n) is 5.98. The summed E-state index contributed by atoms with van der Waals surface area (Å²) in [5.74, 6) is 2.63. The molecule has 2 fully saturated rings. The van der Waals surface area contributed by atoms with E-state index in [1.807, 2.05) is 11.8 Å². The van der Waals surface area contributed by atoms with E-state index in [1.54, 1.807) is 0 Å². The van der Waals surface area contributed by atoms with Crippen LogP contribution in [0.2, 0.25) is 0 Å². The fourth-order valence-corrected chi connectivity index (χ4v) is 3.69. The molecule has 0 bridgehead atoms. The van der Waals surface area contributed by atoms with E-state index < -0.39 is 0 Å². The second-order valence-corrected chi connectivity index (χ2v) is 7.12. The number of rotatable bonds is 3. The predicted octanol–water partition coefficient (Wildman–Crippen LogP) is 2.12. The van der Waals surface area contributed by atoms with Crippen LogP contribution in [0.15, 0.2) is 0 Å². The molecule has 0 spiro atoms. The molecule has 0 radical (unpaired) electrons. The Morgan fingerprint density at radius 3 is 2.72 bits per heavy atom. The Bertz CT molecular complexity index is 282. The Kier molecular flexibility index (Phi) is 4.96. The zero-order valence-electron chi connectivity index (χ0n) is 11.7. The lowest BCUT2D eigenvalue weighted by Crippen LogP contribution is -2.46. The number of carbonyl (C=O) groups excluding carboxylic acids is 1. The zero-order chi connectivity index (χ0) is 13.0. The molecule has 0 aliphatic carbocycles. The second kappa shape index (κ2) is 6.29. The molecule has 0 aromatic carbocycles. The maximum absolute atomic E-state index is 12.2. The standard InChI is InChI=1S/C14H26N2OS/c1-3-14(2)4-7-16(8-5-14)13(17)10-12-11-18-9-6-15-12/h12,15H,3-11H2,1-2H3. The molecule has 0 aromatic heterocycles. The summed E-state index contributed by atoms with van der Waals surface area (Å²) >= 11 is 1.96. The van der Waals surface area contributed by atoms with E-state index in [0.29, 0.717) is 23.8 Å². The summed E-state index contributed by atoms with van der Waals surface area (Å²) in [7, 11) is 0. The highest BCUT2D eigenvalue weighted by Crippen LogP contribution is 2.34. The van der Waals surface area contributed by atoms with Crippen molar-refractivity contribution < 1.29 is 4.79 Å². The van der Waals surface area contributed by atoms with E-state index in [9.17, 15) is 4.79 Å². The van der Waals surface area contributed by atoms with Gasteiger partial charge in [-0.05, 0) is 18.3 Å². The van der Waals surface area contributed by atoms with E-state index >= 15 is 0 Å². The van der Waals surface area contributed by atoms with Gasteiger partial charge in [-0.2, -0.15) is 11.8 Å². The molecular weight excluding hydrogens is 244 g/mol. The third-order valence-corrected chi connectivity index (χ3v) is 5.73.